The highest BCUT2D eigenvalue weighted by molar-refractivity contribution is 6.13. The summed E-state index contributed by atoms with van der Waals surface area (Å²) in [4.78, 5) is 17.9. The Morgan fingerprint density at radius 3 is 2.40 bits per heavy atom. The van der Waals surface area contributed by atoms with E-state index in [1.165, 1.54) is 16.7 Å². The highest BCUT2D eigenvalue weighted by atomic mass is 16.1. The molecule has 0 radical (unpaired) electrons. The van der Waals surface area contributed by atoms with E-state index in [1.54, 1.807) is 0 Å². The number of carbonyl (C=O) groups excluding carboxylic acids is 1. The minimum atomic E-state index is -0.00425. The van der Waals surface area contributed by atoms with Crippen molar-refractivity contribution in [1.29, 1.82) is 0 Å². The maximum Gasteiger partial charge on any atom is 0.211 e. The molecule has 2 nitrogen and oxygen atoms in total. The van der Waals surface area contributed by atoms with Crippen LogP contribution < -0.4 is 0 Å². The van der Waals surface area contributed by atoms with Gasteiger partial charge < -0.3 is 0 Å². The van der Waals surface area contributed by atoms with Crippen molar-refractivity contribution in [3.63, 3.8) is 0 Å². The second-order valence-corrected chi connectivity index (χ2v) is 6.36. The van der Waals surface area contributed by atoms with Crippen molar-refractivity contribution in [2.75, 3.05) is 0 Å². The number of nitrogens with zero attached hydrogens (tertiary/aromatic N) is 1. The van der Waals surface area contributed by atoms with Crippen LogP contribution in [0.5, 0.6) is 0 Å². The zero-order chi connectivity index (χ0) is 16.8. The molecule has 0 N–H and O–H groups in total. The first-order valence-corrected chi connectivity index (χ1v) is 8.42. The van der Waals surface area contributed by atoms with Crippen LogP contribution in [0.3, 0.4) is 0 Å². The van der Waals surface area contributed by atoms with Gasteiger partial charge in [-0.2, -0.15) is 0 Å². The van der Waals surface area contributed by atoms with Gasteiger partial charge in [-0.1, -0.05) is 72.8 Å². The van der Waals surface area contributed by atoms with Gasteiger partial charge in [0.25, 0.3) is 0 Å². The van der Waals surface area contributed by atoms with Crippen LogP contribution >= 0.6 is 0 Å². The van der Waals surface area contributed by atoms with E-state index in [0.717, 1.165) is 22.9 Å². The lowest BCUT2D eigenvalue weighted by Gasteiger charge is -2.11. The van der Waals surface area contributed by atoms with E-state index < -0.39 is 0 Å². The SMILES string of the molecule is O=C(c1ccccc1)c1nc2ccccc2c2c1Cc1ccccc1-2. The number of rotatable bonds is 2. The molecule has 5 rings (SSSR count). The van der Waals surface area contributed by atoms with Crippen LogP contribution in [0.2, 0.25) is 0 Å². The fourth-order valence-electron chi connectivity index (χ4n) is 3.75. The molecule has 0 bridgehead atoms. The summed E-state index contributed by atoms with van der Waals surface area (Å²) in [5.74, 6) is -0.00425. The minimum Gasteiger partial charge on any atom is -0.287 e. The summed E-state index contributed by atoms with van der Waals surface area (Å²) in [6.07, 6.45) is 0.761. The number of pyridine rings is 1. The first-order chi connectivity index (χ1) is 12.3. The third-order valence-electron chi connectivity index (χ3n) is 4.90. The van der Waals surface area contributed by atoms with Crippen LogP contribution in [-0.4, -0.2) is 10.8 Å². The minimum absolute atomic E-state index is 0.00425. The number of carbonyl (C=O) groups is 1. The van der Waals surface area contributed by atoms with Crippen molar-refractivity contribution in [2.45, 2.75) is 6.42 Å². The van der Waals surface area contributed by atoms with Crippen molar-refractivity contribution in [2.24, 2.45) is 0 Å². The molecule has 2 heteroatoms. The third kappa shape index (κ3) is 2.11. The molecular weight excluding hydrogens is 306 g/mol. The second kappa shape index (κ2) is 5.38. The van der Waals surface area contributed by atoms with Gasteiger partial charge in [0.05, 0.1) is 5.52 Å². The van der Waals surface area contributed by atoms with Crippen LogP contribution in [0.4, 0.5) is 0 Å². The maximum atomic E-state index is 13.1. The van der Waals surface area contributed by atoms with Crippen molar-refractivity contribution >= 4 is 16.7 Å². The van der Waals surface area contributed by atoms with E-state index in [9.17, 15) is 4.79 Å². The van der Waals surface area contributed by atoms with Gasteiger partial charge in [0.1, 0.15) is 5.69 Å². The molecule has 0 atom stereocenters. The standard InChI is InChI=1S/C23H15NO/c25-23(15-8-2-1-3-9-15)22-19-14-16-10-4-5-11-17(16)21(19)18-12-6-7-13-20(18)24-22/h1-13H,14H2. The molecule has 0 aliphatic heterocycles. The smallest absolute Gasteiger partial charge is 0.211 e. The lowest BCUT2D eigenvalue weighted by Crippen LogP contribution is -2.08. The van der Waals surface area contributed by atoms with Gasteiger partial charge in [-0.3, -0.25) is 4.79 Å². The highest BCUT2D eigenvalue weighted by Gasteiger charge is 2.27. The number of para-hydroxylation sites is 1. The second-order valence-electron chi connectivity index (χ2n) is 6.36. The Hall–Kier alpha value is -3.26. The van der Waals surface area contributed by atoms with Crippen LogP contribution in [0.15, 0.2) is 78.9 Å². The summed E-state index contributed by atoms with van der Waals surface area (Å²) in [6.45, 7) is 0. The van der Waals surface area contributed by atoms with Crippen LogP contribution in [-0.2, 0) is 6.42 Å². The van der Waals surface area contributed by atoms with E-state index in [0.29, 0.717) is 11.3 Å². The Kier molecular flexibility index (Phi) is 3.04. The largest absolute Gasteiger partial charge is 0.287 e. The molecule has 0 saturated heterocycles. The molecule has 3 aromatic carbocycles. The van der Waals surface area contributed by atoms with Crippen molar-refractivity contribution in [3.05, 3.63) is 101 Å². The number of hydrogen-bond acceptors (Lipinski definition) is 2. The summed E-state index contributed by atoms with van der Waals surface area (Å²) >= 11 is 0. The van der Waals surface area contributed by atoms with Crippen molar-refractivity contribution in [1.82, 2.24) is 4.98 Å². The number of benzene rings is 3. The topological polar surface area (TPSA) is 30.0 Å². The molecule has 0 amide bonds. The lowest BCUT2D eigenvalue weighted by atomic mass is 9.96. The molecule has 1 heterocycles. The average Bonchev–Trinajstić information content (AvgIpc) is 3.07. The predicted molar refractivity (Wildman–Crippen MR) is 99.9 cm³/mol. The third-order valence-corrected chi connectivity index (χ3v) is 4.90. The molecule has 25 heavy (non-hydrogen) atoms. The van der Waals surface area contributed by atoms with Crippen molar-refractivity contribution < 1.29 is 4.79 Å². The number of fused-ring (bicyclic) bond motifs is 5. The van der Waals surface area contributed by atoms with Gasteiger partial charge >= 0.3 is 0 Å². The van der Waals surface area contributed by atoms with Crippen LogP contribution in [0, 0.1) is 0 Å². The molecule has 0 fully saturated rings. The van der Waals surface area contributed by atoms with Gasteiger partial charge in [0.2, 0.25) is 5.78 Å². The molecule has 1 aliphatic rings. The maximum absolute atomic E-state index is 13.1. The highest BCUT2D eigenvalue weighted by Crippen LogP contribution is 2.42. The Bertz CT molecular complexity index is 1130. The Morgan fingerprint density at radius 2 is 1.52 bits per heavy atom. The Balaban J connectivity index is 1.83. The van der Waals surface area contributed by atoms with E-state index in [2.05, 4.69) is 30.3 Å². The molecular formula is C23H15NO. The van der Waals surface area contributed by atoms with Crippen LogP contribution in [0.1, 0.15) is 27.2 Å². The average molecular weight is 321 g/mol. The van der Waals surface area contributed by atoms with Crippen LogP contribution in [0.25, 0.3) is 22.0 Å². The molecule has 1 aliphatic carbocycles. The summed E-state index contributed by atoms with van der Waals surface area (Å²) in [5, 5.41) is 1.12. The quantitative estimate of drug-likeness (QED) is 0.426. The molecule has 0 unspecified atom stereocenters. The zero-order valence-corrected chi connectivity index (χ0v) is 13.6. The summed E-state index contributed by atoms with van der Waals surface area (Å²) in [6, 6.07) is 25.9. The van der Waals surface area contributed by atoms with Gasteiger partial charge in [-0.25, -0.2) is 4.98 Å². The molecule has 4 aromatic rings. The summed E-state index contributed by atoms with van der Waals surface area (Å²) in [7, 11) is 0. The first kappa shape index (κ1) is 14.1. The van der Waals surface area contributed by atoms with E-state index in [4.69, 9.17) is 4.98 Å². The Labute approximate surface area is 145 Å². The van der Waals surface area contributed by atoms with Gasteiger partial charge in [-0.05, 0) is 28.3 Å². The normalized spacial score (nSPS) is 12.0. The molecule has 118 valence electrons. The monoisotopic (exact) mass is 321 g/mol. The van der Waals surface area contributed by atoms with E-state index in [1.807, 2.05) is 48.5 Å². The molecule has 1 aromatic heterocycles. The fraction of sp³-hybridized carbons (Fsp3) is 0.0435. The fourth-order valence-corrected chi connectivity index (χ4v) is 3.75. The van der Waals surface area contributed by atoms with E-state index >= 15 is 0 Å². The van der Waals surface area contributed by atoms with Gasteiger partial charge in [0, 0.05) is 17.4 Å². The summed E-state index contributed by atoms with van der Waals surface area (Å²) in [5.41, 5.74) is 6.84. The number of ketones is 1. The zero-order valence-electron chi connectivity index (χ0n) is 13.6. The van der Waals surface area contributed by atoms with Crippen molar-refractivity contribution in [3.8, 4) is 11.1 Å². The Morgan fingerprint density at radius 1 is 0.800 bits per heavy atom. The predicted octanol–water partition coefficient (Wildman–Crippen LogP) is 5.04. The number of hydrogen-bond donors (Lipinski definition) is 0. The van der Waals surface area contributed by atoms with Gasteiger partial charge in [-0.15, -0.1) is 0 Å². The number of aromatic nitrogens is 1. The van der Waals surface area contributed by atoms with E-state index in [-0.39, 0.29) is 5.78 Å². The summed E-state index contributed by atoms with van der Waals surface area (Å²) < 4.78 is 0. The lowest BCUT2D eigenvalue weighted by molar-refractivity contribution is 0.103. The molecule has 0 spiro atoms. The molecule has 0 saturated carbocycles. The van der Waals surface area contributed by atoms with Gasteiger partial charge in [0.15, 0.2) is 0 Å². The first-order valence-electron chi connectivity index (χ1n) is 8.42.